The monoisotopic (exact) mass is 438 g/mol. The van der Waals surface area contributed by atoms with Crippen LogP contribution in [-0.4, -0.2) is 28.0 Å². The summed E-state index contributed by atoms with van der Waals surface area (Å²) in [5.74, 6) is 0.876. The van der Waals surface area contributed by atoms with Gasteiger partial charge >= 0.3 is 0 Å². The van der Waals surface area contributed by atoms with Crippen LogP contribution in [0.2, 0.25) is 0 Å². The molecule has 1 aliphatic carbocycles. The smallest absolute Gasteiger partial charge is 0.253 e. The molecular formula is C22H23BrN4O. The summed E-state index contributed by atoms with van der Waals surface area (Å²) in [6, 6.07) is 12.7. The van der Waals surface area contributed by atoms with Crippen LogP contribution in [0.5, 0.6) is 0 Å². The number of carbonyl (C=O) groups is 1. The standard InChI is InChI=1S/C22H23BrN4O/c1-14-10-21(27-20-5-3-2-4-19(14)20)25-17-6-8-18(9-7-17)26-22(28)15-11-16(23)13-24-12-15/h2-5,10-13,17-18H,6-9H2,1H3,(H,25,27)(H,26,28). The van der Waals surface area contributed by atoms with Gasteiger partial charge < -0.3 is 10.6 Å². The van der Waals surface area contributed by atoms with E-state index in [0.29, 0.717) is 11.6 Å². The number of fused-ring (bicyclic) bond motifs is 1. The Hall–Kier alpha value is -2.47. The summed E-state index contributed by atoms with van der Waals surface area (Å²) in [6.07, 6.45) is 7.20. The van der Waals surface area contributed by atoms with Crippen LogP contribution in [0.15, 0.2) is 53.3 Å². The van der Waals surface area contributed by atoms with Gasteiger partial charge in [0.15, 0.2) is 0 Å². The van der Waals surface area contributed by atoms with Gasteiger partial charge in [-0.25, -0.2) is 4.98 Å². The van der Waals surface area contributed by atoms with E-state index in [1.807, 2.05) is 12.1 Å². The molecule has 0 bridgehead atoms. The highest BCUT2D eigenvalue weighted by Gasteiger charge is 2.23. The molecule has 6 heteroatoms. The average molecular weight is 439 g/mol. The number of pyridine rings is 2. The fraction of sp³-hybridized carbons (Fsp3) is 0.318. The van der Waals surface area contributed by atoms with Crippen LogP contribution in [0.3, 0.4) is 0 Å². The normalized spacial score (nSPS) is 19.4. The lowest BCUT2D eigenvalue weighted by Crippen LogP contribution is -2.40. The van der Waals surface area contributed by atoms with Gasteiger partial charge in [0.25, 0.3) is 5.91 Å². The van der Waals surface area contributed by atoms with Crippen LogP contribution in [0.1, 0.15) is 41.6 Å². The van der Waals surface area contributed by atoms with Gasteiger partial charge in [0.1, 0.15) is 5.82 Å². The molecule has 2 N–H and O–H groups in total. The first-order valence-electron chi connectivity index (χ1n) is 9.63. The Balaban J connectivity index is 1.34. The number of benzene rings is 1. The minimum absolute atomic E-state index is 0.0583. The van der Waals surface area contributed by atoms with Gasteiger partial charge in [-0.3, -0.25) is 9.78 Å². The molecule has 0 aliphatic heterocycles. The minimum Gasteiger partial charge on any atom is -0.367 e. The number of rotatable bonds is 4. The van der Waals surface area contributed by atoms with Crippen molar-refractivity contribution in [1.82, 2.24) is 15.3 Å². The number of aromatic nitrogens is 2. The second-order valence-electron chi connectivity index (χ2n) is 7.40. The maximum atomic E-state index is 12.4. The topological polar surface area (TPSA) is 66.9 Å². The van der Waals surface area contributed by atoms with Gasteiger partial charge in [0, 0.05) is 34.3 Å². The van der Waals surface area contributed by atoms with Crippen LogP contribution in [0, 0.1) is 6.92 Å². The summed E-state index contributed by atoms with van der Waals surface area (Å²) in [7, 11) is 0. The number of anilines is 1. The van der Waals surface area contributed by atoms with Crippen molar-refractivity contribution in [2.75, 3.05) is 5.32 Å². The first-order valence-corrected chi connectivity index (χ1v) is 10.4. The second kappa shape index (κ2) is 8.27. The van der Waals surface area contributed by atoms with Crippen LogP contribution >= 0.6 is 15.9 Å². The lowest BCUT2D eigenvalue weighted by Gasteiger charge is -2.30. The van der Waals surface area contributed by atoms with Crippen molar-refractivity contribution >= 4 is 38.6 Å². The molecule has 2 aromatic heterocycles. The van der Waals surface area contributed by atoms with Gasteiger partial charge in [0.05, 0.1) is 11.1 Å². The number of hydrogen-bond acceptors (Lipinski definition) is 4. The molecule has 1 amide bonds. The Kier molecular flexibility index (Phi) is 5.57. The molecule has 4 rings (SSSR count). The van der Waals surface area contributed by atoms with Crippen molar-refractivity contribution in [3.05, 3.63) is 64.4 Å². The number of nitrogens with one attached hydrogen (secondary N) is 2. The predicted octanol–water partition coefficient (Wildman–Crippen LogP) is 4.85. The molecule has 3 aromatic rings. The van der Waals surface area contributed by atoms with E-state index in [0.717, 1.165) is 41.5 Å². The Morgan fingerprint density at radius 3 is 2.61 bits per heavy atom. The summed E-state index contributed by atoms with van der Waals surface area (Å²) in [4.78, 5) is 21.2. The summed E-state index contributed by atoms with van der Waals surface area (Å²) in [5, 5.41) is 7.92. The van der Waals surface area contributed by atoms with Crippen molar-refractivity contribution in [3.8, 4) is 0 Å². The van der Waals surface area contributed by atoms with E-state index in [9.17, 15) is 4.79 Å². The first-order chi connectivity index (χ1) is 13.6. The van der Waals surface area contributed by atoms with Gasteiger partial charge in [-0.2, -0.15) is 0 Å². The zero-order chi connectivity index (χ0) is 19.5. The zero-order valence-corrected chi connectivity index (χ0v) is 17.4. The molecule has 1 fully saturated rings. The summed E-state index contributed by atoms with van der Waals surface area (Å²) >= 11 is 3.36. The molecule has 28 heavy (non-hydrogen) atoms. The van der Waals surface area contributed by atoms with Crippen LogP contribution < -0.4 is 10.6 Å². The van der Waals surface area contributed by atoms with Crippen LogP contribution in [-0.2, 0) is 0 Å². The van der Waals surface area contributed by atoms with Crippen LogP contribution in [0.4, 0.5) is 5.82 Å². The lowest BCUT2D eigenvalue weighted by atomic mass is 9.91. The Morgan fingerprint density at radius 1 is 1.07 bits per heavy atom. The van der Waals surface area contributed by atoms with E-state index < -0.39 is 0 Å². The Bertz CT molecular complexity index is 999. The summed E-state index contributed by atoms with van der Waals surface area (Å²) < 4.78 is 0.811. The second-order valence-corrected chi connectivity index (χ2v) is 8.32. The molecule has 0 saturated heterocycles. The number of nitrogens with zero attached hydrogens (tertiary/aromatic N) is 2. The highest BCUT2D eigenvalue weighted by atomic mass is 79.9. The number of amides is 1. The van der Waals surface area contributed by atoms with E-state index >= 15 is 0 Å². The third-order valence-corrected chi connectivity index (χ3v) is 5.74. The van der Waals surface area contributed by atoms with Gasteiger partial charge in [-0.15, -0.1) is 0 Å². The van der Waals surface area contributed by atoms with Crippen molar-refractivity contribution in [3.63, 3.8) is 0 Å². The zero-order valence-electron chi connectivity index (χ0n) is 15.8. The molecule has 0 atom stereocenters. The van der Waals surface area contributed by atoms with Gasteiger partial charge in [-0.1, -0.05) is 18.2 Å². The molecule has 1 saturated carbocycles. The molecule has 1 aliphatic rings. The largest absolute Gasteiger partial charge is 0.367 e. The number of hydrogen-bond donors (Lipinski definition) is 2. The molecule has 1 aromatic carbocycles. The Morgan fingerprint density at radius 2 is 1.82 bits per heavy atom. The number of carbonyl (C=O) groups excluding carboxylic acids is 1. The fourth-order valence-corrected chi connectivity index (χ4v) is 4.18. The van der Waals surface area contributed by atoms with E-state index in [1.165, 1.54) is 10.9 Å². The van der Waals surface area contributed by atoms with E-state index in [1.54, 1.807) is 18.5 Å². The highest BCUT2D eigenvalue weighted by Crippen LogP contribution is 2.25. The van der Waals surface area contributed by atoms with E-state index in [2.05, 4.69) is 56.7 Å². The molecule has 0 unspecified atom stereocenters. The number of halogens is 1. The predicted molar refractivity (Wildman–Crippen MR) is 116 cm³/mol. The Labute approximate surface area is 173 Å². The number of para-hydroxylation sites is 1. The van der Waals surface area contributed by atoms with Gasteiger partial charge in [0.2, 0.25) is 0 Å². The maximum absolute atomic E-state index is 12.4. The molecule has 0 spiro atoms. The lowest BCUT2D eigenvalue weighted by molar-refractivity contribution is 0.0926. The third-order valence-electron chi connectivity index (χ3n) is 5.30. The number of aryl methyl sites for hydroxylation is 1. The van der Waals surface area contributed by atoms with Crippen molar-refractivity contribution in [2.45, 2.75) is 44.7 Å². The summed E-state index contributed by atoms with van der Waals surface area (Å²) in [5.41, 5.74) is 2.84. The maximum Gasteiger partial charge on any atom is 0.253 e. The van der Waals surface area contributed by atoms with E-state index in [-0.39, 0.29) is 11.9 Å². The van der Waals surface area contributed by atoms with Crippen LogP contribution in [0.25, 0.3) is 10.9 Å². The summed E-state index contributed by atoms with van der Waals surface area (Å²) in [6.45, 7) is 2.12. The quantitative estimate of drug-likeness (QED) is 0.610. The van der Waals surface area contributed by atoms with Crippen molar-refractivity contribution in [1.29, 1.82) is 0 Å². The fourth-order valence-electron chi connectivity index (χ4n) is 3.82. The molecular weight excluding hydrogens is 416 g/mol. The van der Waals surface area contributed by atoms with Crippen molar-refractivity contribution < 1.29 is 4.79 Å². The minimum atomic E-state index is -0.0583. The molecule has 0 radical (unpaired) electrons. The molecule has 144 valence electrons. The third kappa shape index (κ3) is 4.33. The molecule has 5 nitrogen and oxygen atoms in total. The van der Waals surface area contributed by atoms with Gasteiger partial charge in [-0.05, 0) is 72.3 Å². The highest BCUT2D eigenvalue weighted by molar-refractivity contribution is 9.10. The van der Waals surface area contributed by atoms with Crippen molar-refractivity contribution in [2.24, 2.45) is 0 Å². The first kappa shape index (κ1) is 18.9. The average Bonchev–Trinajstić information content (AvgIpc) is 2.69. The molecule has 2 heterocycles. The SMILES string of the molecule is Cc1cc(NC2CCC(NC(=O)c3cncc(Br)c3)CC2)nc2ccccc12. The van der Waals surface area contributed by atoms with E-state index in [4.69, 9.17) is 4.98 Å².